The first-order chi connectivity index (χ1) is 9.61. The van der Waals surface area contributed by atoms with Gasteiger partial charge in [0.1, 0.15) is 5.82 Å². The second kappa shape index (κ2) is 6.81. The zero-order chi connectivity index (χ0) is 14.5. The quantitative estimate of drug-likeness (QED) is 0.896. The van der Waals surface area contributed by atoms with Crippen LogP contribution in [0.25, 0.3) is 0 Å². The van der Waals surface area contributed by atoms with E-state index in [4.69, 9.17) is 0 Å². The predicted octanol–water partition coefficient (Wildman–Crippen LogP) is 3.00. The van der Waals surface area contributed by atoms with Gasteiger partial charge in [0.25, 0.3) is 5.91 Å². The van der Waals surface area contributed by atoms with E-state index >= 15 is 0 Å². The van der Waals surface area contributed by atoms with Gasteiger partial charge in [0.05, 0.1) is 23.3 Å². The Bertz CT molecular complexity index is 588. The van der Waals surface area contributed by atoms with Gasteiger partial charge in [0.15, 0.2) is 0 Å². The van der Waals surface area contributed by atoms with Crippen LogP contribution in [0.4, 0.5) is 5.82 Å². The van der Waals surface area contributed by atoms with Gasteiger partial charge in [0, 0.05) is 29.6 Å². The molecular weight excluding hydrogens is 340 g/mol. The predicted molar refractivity (Wildman–Crippen MR) is 84.0 cm³/mol. The third-order valence-electron chi connectivity index (χ3n) is 2.66. The van der Waals surface area contributed by atoms with E-state index in [1.165, 1.54) is 11.3 Å². The monoisotopic (exact) mass is 354 g/mol. The van der Waals surface area contributed by atoms with Gasteiger partial charge < -0.3 is 10.2 Å². The molecule has 7 heteroatoms. The fraction of sp³-hybridized carbons (Fsp3) is 0.308. The summed E-state index contributed by atoms with van der Waals surface area (Å²) in [6.45, 7) is 3.17. The number of pyridine rings is 1. The van der Waals surface area contributed by atoms with Crippen molar-refractivity contribution < 1.29 is 4.79 Å². The van der Waals surface area contributed by atoms with Crippen LogP contribution >= 0.6 is 27.3 Å². The lowest BCUT2D eigenvalue weighted by atomic mass is 10.2. The first-order valence-electron chi connectivity index (χ1n) is 6.13. The smallest absolute Gasteiger partial charge is 0.257 e. The molecular formula is C13H15BrN4OS. The van der Waals surface area contributed by atoms with E-state index in [1.807, 2.05) is 12.3 Å². The molecule has 0 atom stereocenters. The topological polar surface area (TPSA) is 58.1 Å². The third-order valence-corrected chi connectivity index (χ3v) is 3.73. The number of hydrogen-bond donors (Lipinski definition) is 1. The number of halogens is 1. The molecule has 0 aliphatic carbocycles. The van der Waals surface area contributed by atoms with Crippen LogP contribution in [0.5, 0.6) is 0 Å². The van der Waals surface area contributed by atoms with Crippen molar-refractivity contribution in [2.75, 3.05) is 18.9 Å². The van der Waals surface area contributed by atoms with E-state index in [2.05, 4.69) is 31.2 Å². The standard InChI is InChI=1S/C13H15BrN4OS/c1-3-15-12-11(4-9(14)5-16-12)13(19)18(2)6-10-7-20-8-17-10/h4-5,7-8H,3,6H2,1-2H3,(H,15,16). The van der Waals surface area contributed by atoms with Crippen LogP contribution in [-0.4, -0.2) is 34.4 Å². The fourth-order valence-electron chi connectivity index (χ4n) is 1.75. The van der Waals surface area contributed by atoms with Crippen molar-refractivity contribution in [2.24, 2.45) is 0 Å². The van der Waals surface area contributed by atoms with Crippen LogP contribution in [0, 0.1) is 0 Å². The molecule has 0 aliphatic heterocycles. The van der Waals surface area contributed by atoms with E-state index in [1.54, 1.807) is 29.7 Å². The molecule has 1 amide bonds. The van der Waals surface area contributed by atoms with E-state index in [-0.39, 0.29) is 5.91 Å². The first kappa shape index (κ1) is 14.9. The number of aromatic nitrogens is 2. The zero-order valence-corrected chi connectivity index (χ0v) is 13.7. The van der Waals surface area contributed by atoms with Gasteiger partial charge in [-0.1, -0.05) is 0 Å². The van der Waals surface area contributed by atoms with Gasteiger partial charge in [-0.15, -0.1) is 11.3 Å². The van der Waals surface area contributed by atoms with Crippen molar-refractivity contribution in [1.29, 1.82) is 0 Å². The van der Waals surface area contributed by atoms with E-state index in [9.17, 15) is 4.79 Å². The Balaban J connectivity index is 2.21. The number of amides is 1. The number of hydrogen-bond acceptors (Lipinski definition) is 5. The average molecular weight is 355 g/mol. The number of rotatable bonds is 5. The van der Waals surface area contributed by atoms with Crippen LogP contribution in [-0.2, 0) is 6.54 Å². The first-order valence-corrected chi connectivity index (χ1v) is 7.87. The molecule has 0 fully saturated rings. The maximum Gasteiger partial charge on any atom is 0.257 e. The minimum Gasteiger partial charge on any atom is -0.370 e. The molecule has 2 heterocycles. The third kappa shape index (κ3) is 3.55. The summed E-state index contributed by atoms with van der Waals surface area (Å²) < 4.78 is 0.782. The molecule has 0 spiro atoms. The summed E-state index contributed by atoms with van der Waals surface area (Å²) in [6, 6.07) is 1.78. The summed E-state index contributed by atoms with van der Waals surface area (Å²) in [4.78, 5) is 22.6. The lowest BCUT2D eigenvalue weighted by Crippen LogP contribution is -2.27. The Labute approximate surface area is 130 Å². The molecule has 0 saturated carbocycles. The Hall–Kier alpha value is -1.47. The molecule has 0 aromatic carbocycles. The Morgan fingerprint density at radius 1 is 1.50 bits per heavy atom. The minimum absolute atomic E-state index is 0.0808. The van der Waals surface area contributed by atoms with E-state index in [0.717, 1.165) is 10.2 Å². The van der Waals surface area contributed by atoms with Crippen molar-refractivity contribution in [2.45, 2.75) is 13.5 Å². The zero-order valence-electron chi connectivity index (χ0n) is 11.3. The molecule has 2 aromatic heterocycles. The summed E-state index contributed by atoms with van der Waals surface area (Å²) in [5.74, 6) is 0.522. The maximum atomic E-state index is 12.5. The van der Waals surface area contributed by atoms with Crippen molar-refractivity contribution in [3.8, 4) is 0 Å². The Kier molecular flexibility index (Phi) is 5.08. The summed E-state index contributed by atoms with van der Waals surface area (Å²) in [6.07, 6.45) is 1.68. The van der Waals surface area contributed by atoms with E-state index < -0.39 is 0 Å². The van der Waals surface area contributed by atoms with Crippen LogP contribution in [0.1, 0.15) is 23.0 Å². The van der Waals surface area contributed by atoms with Gasteiger partial charge in [-0.2, -0.15) is 0 Å². The number of nitrogens with zero attached hydrogens (tertiary/aromatic N) is 3. The van der Waals surface area contributed by atoms with Gasteiger partial charge in [-0.05, 0) is 28.9 Å². The average Bonchev–Trinajstić information content (AvgIpc) is 2.93. The number of anilines is 1. The van der Waals surface area contributed by atoms with Gasteiger partial charge >= 0.3 is 0 Å². The van der Waals surface area contributed by atoms with Crippen molar-refractivity contribution in [3.63, 3.8) is 0 Å². The summed E-state index contributed by atoms with van der Waals surface area (Å²) in [5.41, 5.74) is 3.20. The van der Waals surface area contributed by atoms with Gasteiger partial charge in [-0.25, -0.2) is 9.97 Å². The molecule has 1 N–H and O–H groups in total. The lowest BCUT2D eigenvalue weighted by molar-refractivity contribution is 0.0784. The van der Waals surface area contributed by atoms with Gasteiger partial charge in [-0.3, -0.25) is 4.79 Å². The number of thiazole rings is 1. The highest BCUT2D eigenvalue weighted by molar-refractivity contribution is 9.10. The minimum atomic E-state index is -0.0808. The SMILES string of the molecule is CCNc1ncc(Br)cc1C(=O)N(C)Cc1cscn1. The molecule has 2 aromatic rings. The number of carbonyl (C=O) groups is 1. The highest BCUT2D eigenvalue weighted by Crippen LogP contribution is 2.20. The number of carbonyl (C=O) groups excluding carboxylic acids is 1. The highest BCUT2D eigenvalue weighted by Gasteiger charge is 2.18. The Morgan fingerprint density at radius 2 is 2.30 bits per heavy atom. The number of nitrogens with one attached hydrogen (secondary N) is 1. The largest absolute Gasteiger partial charge is 0.370 e. The van der Waals surface area contributed by atoms with Gasteiger partial charge in [0.2, 0.25) is 0 Å². The summed E-state index contributed by atoms with van der Waals surface area (Å²) >= 11 is 4.88. The second-order valence-corrected chi connectivity index (χ2v) is 5.86. The molecule has 20 heavy (non-hydrogen) atoms. The van der Waals surface area contributed by atoms with Crippen molar-refractivity contribution >= 4 is 39.0 Å². The molecule has 2 rings (SSSR count). The molecule has 0 unspecified atom stereocenters. The fourth-order valence-corrected chi connectivity index (χ4v) is 2.63. The molecule has 0 radical (unpaired) electrons. The lowest BCUT2D eigenvalue weighted by Gasteiger charge is -2.18. The summed E-state index contributed by atoms with van der Waals surface area (Å²) in [7, 11) is 1.76. The molecule has 0 aliphatic rings. The molecule has 5 nitrogen and oxygen atoms in total. The van der Waals surface area contributed by atoms with Crippen LogP contribution in [0.3, 0.4) is 0 Å². The summed E-state index contributed by atoms with van der Waals surface area (Å²) in [5, 5.41) is 5.04. The van der Waals surface area contributed by atoms with Crippen LogP contribution in [0.15, 0.2) is 27.6 Å². The molecule has 0 bridgehead atoms. The van der Waals surface area contributed by atoms with E-state index in [0.29, 0.717) is 24.5 Å². The molecule has 0 saturated heterocycles. The normalized spacial score (nSPS) is 10.3. The molecule has 106 valence electrons. The van der Waals surface area contributed by atoms with Crippen LogP contribution in [0.2, 0.25) is 0 Å². The Morgan fingerprint density at radius 3 is 2.95 bits per heavy atom. The highest BCUT2D eigenvalue weighted by atomic mass is 79.9. The second-order valence-electron chi connectivity index (χ2n) is 4.22. The van der Waals surface area contributed by atoms with Crippen molar-refractivity contribution in [1.82, 2.24) is 14.9 Å². The maximum absolute atomic E-state index is 12.5. The van der Waals surface area contributed by atoms with Crippen LogP contribution < -0.4 is 5.32 Å². The van der Waals surface area contributed by atoms with Crippen molar-refractivity contribution in [3.05, 3.63) is 38.9 Å².